The summed E-state index contributed by atoms with van der Waals surface area (Å²) in [6.45, 7) is 7.90. The van der Waals surface area contributed by atoms with Gasteiger partial charge >= 0.3 is 0 Å². The van der Waals surface area contributed by atoms with Crippen molar-refractivity contribution in [1.82, 2.24) is 14.7 Å². The molecule has 1 aliphatic rings. The van der Waals surface area contributed by atoms with Crippen molar-refractivity contribution < 1.29 is 0 Å². The number of hydrogen-bond acceptors (Lipinski definition) is 2. The summed E-state index contributed by atoms with van der Waals surface area (Å²) in [5.41, 5.74) is 1.34. The second-order valence-electron chi connectivity index (χ2n) is 4.05. The van der Waals surface area contributed by atoms with Crippen LogP contribution >= 0.6 is 0 Å². The van der Waals surface area contributed by atoms with Crippen molar-refractivity contribution in [3.8, 4) is 0 Å². The van der Waals surface area contributed by atoms with Crippen LogP contribution in [0, 0.1) is 0 Å². The molecule has 13 heavy (non-hydrogen) atoms. The number of likely N-dealkylation sites (tertiary alicyclic amines) is 1. The van der Waals surface area contributed by atoms with Crippen LogP contribution in [0.1, 0.15) is 31.9 Å². The molecule has 1 fully saturated rings. The Balaban J connectivity index is 1.96. The highest BCUT2D eigenvalue weighted by Crippen LogP contribution is 2.12. The highest BCUT2D eigenvalue weighted by atomic mass is 15.3. The molecule has 2 heterocycles. The Labute approximate surface area is 79.3 Å². The summed E-state index contributed by atoms with van der Waals surface area (Å²) in [6.07, 6.45) is 5.50. The third-order valence-corrected chi connectivity index (χ3v) is 2.54. The van der Waals surface area contributed by atoms with Crippen LogP contribution in [0.3, 0.4) is 0 Å². The van der Waals surface area contributed by atoms with Crippen molar-refractivity contribution in [2.24, 2.45) is 0 Å². The third-order valence-electron chi connectivity index (χ3n) is 2.54. The van der Waals surface area contributed by atoms with Crippen molar-refractivity contribution >= 4 is 0 Å². The molecule has 0 unspecified atom stereocenters. The highest BCUT2D eigenvalue weighted by Gasteiger charge is 2.14. The summed E-state index contributed by atoms with van der Waals surface area (Å²) in [6, 6.07) is 0.477. The number of nitrogens with zero attached hydrogens (tertiary/aromatic N) is 3. The van der Waals surface area contributed by atoms with Gasteiger partial charge in [0.25, 0.3) is 0 Å². The second kappa shape index (κ2) is 3.50. The van der Waals surface area contributed by atoms with Crippen LogP contribution < -0.4 is 0 Å². The zero-order chi connectivity index (χ0) is 9.26. The van der Waals surface area contributed by atoms with E-state index in [0.717, 1.165) is 6.54 Å². The van der Waals surface area contributed by atoms with E-state index in [9.17, 15) is 0 Å². The molecule has 0 atom stereocenters. The van der Waals surface area contributed by atoms with Gasteiger partial charge in [-0.05, 0) is 33.4 Å². The summed E-state index contributed by atoms with van der Waals surface area (Å²) in [7, 11) is 0. The van der Waals surface area contributed by atoms with Crippen molar-refractivity contribution in [1.29, 1.82) is 0 Å². The van der Waals surface area contributed by atoms with E-state index in [1.54, 1.807) is 0 Å². The minimum atomic E-state index is 0.477. The molecule has 0 N–H and O–H groups in total. The predicted molar refractivity (Wildman–Crippen MR) is 52.5 cm³/mol. The maximum Gasteiger partial charge on any atom is 0.0534 e. The van der Waals surface area contributed by atoms with Gasteiger partial charge in [0.1, 0.15) is 0 Å². The lowest BCUT2D eigenvalue weighted by atomic mass is 10.2. The van der Waals surface area contributed by atoms with Gasteiger partial charge in [0, 0.05) is 24.3 Å². The summed E-state index contributed by atoms with van der Waals surface area (Å²) in [5, 5.41) is 4.32. The monoisotopic (exact) mass is 179 g/mol. The first-order valence-electron chi connectivity index (χ1n) is 5.01. The van der Waals surface area contributed by atoms with Crippen molar-refractivity contribution in [2.75, 3.05) is 13.1 Å². The predicted octanol–water partition coefficient (Wildman–Crippen LogP) is 1.67. The van der Waals surface area contributed by atoms with Gasteiger partial charge in [0.2, 0.25) is 0 Å². The highest BCUT2D eigenvalue weighted by molar-refractivity contribution is 5.04. The normalized spacial score (nSPS) is 17.8. The molecular weight excluding hydrogens is 162 g/mol. The van der Waals surface area contributed by atoms with E-state index in [1.807, 2.05) is 10.9 Å². The fourth-order valence-corrected chi connectivity index (χ4v) is 1.54. The van der Waals surface area contributed by atoms with Crippen molar-refractivity contribution in [2.45, 2.75) is 32.9 Å². The van der Waals surface area contributed by atoms with E-state index >= 15 is 0 Å². The Morgan fingerprint density at radius 1 is 1.46 bits per heavy atom. The van der Waals surface area contributed by atoms with Gasteiger partial charge in [-0.1, -0.05) is 0 Å². The van der Waals surface area contributed by atoms with E-state index in [-0.39, 0.29) is 0 Å². The Morgan fingerprint density at radius 3 is 2.69 bits per heavy atom. The van der Waals surface area contributed by atoms with Crippen LogP contribution in [-0.4, -0.2) is 27.8 Å². The van der Waals surface area contributed by atoms with Crippen LogP contribution in [0.2, 0.25) is 0 Å². The van der Waals surface area contributed by atoms with Crippen molar-refractivity contribution in [3.05, 3.63) is 18.0 Å². The van der Waals surface area contributed by atoms with Gasteiger partial charge in [0.05, 0.1) is 6.20 Å². The molecule has 1 aliphatic heterocycles. The lowest BCUT2D eigenvalue weighted by molar-refractivity contribution is 0.172. The topological polar surface area (TPSA) is 21.1 Å². The Morgan fingerprint density at radius 2 is 2.23 bits per heavy atom. The zero-order valence-electron chi connectivity index (χ0n) is 8.40. The van der Waals surface area contributed by atoms with Crippen LogP contribution in [0.4, 0.5) is 0 Å². The standard InChI is InChI=1S/C10H17N3/c1-9(2)13-8-10(6-11-13)7-12-4-3-5-12/h6,8-9H,3-5,7H2,1-2H3. The molecule has 0 amide bonds. The maximum absolute atomic E-state index is 4.32. The minimum absolute atomic E-state index is 0.477. The third kappa shape index (κ3) is 1.91. The summed E-state index contributed by atoms with van der Waals surface area (Å²) in [4.78, 5) is 2.45. The number of rotatable bonds is 3. The average Bonchev–Trinajstić information content (AvgIpc) is 2.44. The molecule has 0 aromatic carbocycles. The van der Waals surface area contributed by atoms with E-state index in [2.05, 4.69) is 30.0 Å². The molecule has 0 aliphatic carbocycles. The fourth-order valence-electron chi connectivity index (χ4n) is 1.54. The van der Waals surface area contributed by atoms with E-state index in [1.165, 1.54) is 25.1 Å². The minimum Gasteiger partial charge on any atom is -0.299 e. The molecule has 0 radical (unpaired) electrons. The summed E-state index contributed by atoms with van der Waals surface area (Å²) < 4.78 is 2.02. The maximum atomic E-state index is 4.32. The molecule has 0 bridgehead atoms. The van der Waals surface area contributed by atoms with E-state index in [4.69, 9.17) is 0 Å². The van der Waals surface area contributed by atoms with Gasteiger partial charge in [-0.15, -0.1) is 0 Å². The molecule has 0 spiro atoms. The first-order valence-corrected chi connectivity index (χ1v) is 5.01. The molecular formula is C10H17N3. The smallest absolute Gasteiger partial charge is 0.0534 e. The summed E-state index contributed by atoms with van der Waals surface area (Å²) in [5.74, 6) is 0. The fraction of sp³-hybridized carbons (Fsp3) is 0.700. The number of hydrogen-bond donors (Lipinski definition) is 0. The average molecular weight is 179 g/mol. The lowest BCUT2D eigenvalue weighted by Gasteiger charge is -2.29. The first-order chi connectivity index (χ1) is 6.25. The summed E-state index contributed by atoms with van der Waals surface area (Å²) >= 11 is 0. The Bertz CT molecular complexity index is 273. The molecule has 72 valence electrons. The van der Waals surface area contributed by atoms with Crippen LogP contribution in [0.15, 0.2) is 12.4 Å². The van der Waals surface area contributed by atoms with Crippen LogP contribution in [0.25, 0.3) is 0 Å². The van der Waals surface area contributed by atoms with Crippen molar-refractivity contribution in [3.63, 3.8) is 0 Å². The molecule has 1 aromatic heterocycles. The van der Waals surface area contributed by atoms with Crippen LogP contribution in [0.5, 0.6) is 0 Å². The SMILES string of the molecule is CC(C)n1cc(CN2CCC2)cn1. The largest absolute Gasteiger partial charge is 0.299 e. The van der Waals surface area contributed by atoms with Gasteiger partial charge in [0.15, 0.2) is 0 Å². The van der Waals surface area contributed by atoms with E-state index < -0.39 is 0 Å². The molecule has 3 nitrogen and oxygen atoms in total. The Kier molecular flexibility index (Phi) is 2.36. The van der Waals surface area contributed by atoms with Gasteiger partial charge in [-0.3, -0.25) is 9.58 Å². The quantitative estimate of drug-likeness (QED) is 0.703. The second-order valence-corrected chi connectivity index (χ2v) is 4.05. The molecule has 0 saturated carbocycles. The Hall–Kier alpha value is -0.830. The molecule has 2 rings (SSSR count). The van der Waals surface area contributed by atoms with Gasteiger partial charge < -0.3 is 0 Å². The lowest BCUT2D eigenvalue weighted by Crippen LogP contribution is -2.36. The first kappa shape index (κ1) is 8.75. The zero-order valence-corrected chi connectivity index (χ0v) is 8.40. The molecule has 3 heteroatoms. The van der Waals surface area contributed by atoms with E-state index in [0.29, 0.717) is 6.04 Å². The van der Waals surface area contributed by atoms with Gasteiger partial charge in [-0.25, -0.2) is 0 Å². The number of aromatic nitrogens is 2. The van der Waals surface area contributed by atoms with Crippen LogP contribution in [-0.2, 0) is 6.54 Å². The van der Waals surface area contributed by atoms with Gasteiger partial charge in [-0.2, -0.15) is 5.10 Å². The molecule has 1 saturated heterocycles. The molecule has 1 aromatic rings.